The third kappa shape index (κ3) is 5.76. The van der Waals surface area contributed by atoms with Gasteiger partial charge in [-0.3, -0.25) is 23.5 Å². The summed E-state index contributed by atoms with van der Waals surface area (Å²) in [4.78, 5) is 64.9. The second-order valence-electron chi connectivity index (χ2n) is 11.2. The fraction of sp³-hybridized carbons (Fsp3) is 0.414. The number of hydrogen-bond donors (Lipinski definition) is 3. The molecule has 222 valence electrons. The molecule has 0 spiro atoms. The van der Waals surface area contributed by atoms with Crippen molar-refractivity contribution in [3.63, 3.8) is 0 Å². The van der Waals surface area contributed by atoms with E-state index in [2.05, 4.69) is 10.6 Å². The number of carbonyl (C=O) groups is 3. The van der Waals surface area contributed by atoms with Crippen molar-refractivity contribution in [3.05, 3.63) is 73.9 Å². The van der Waals surface area contributed by atoms with Crippen LogP contribution in [-0.4, -0.2) is 51.0 Å². The fourth-order valence-electron chi connectivity index (χ4n) is 5.30. The van der Waals surface area contributed by atoms with Crippen LogP contribution in [0.15, 0.2) is 39.9 Å². The molecule has 4 amide bonds. The molecule has 3 aromatic rings. The highest BCUT2D eigenvalue weighted by atomic mass is 19.1. The molecular weight excluding hydrogens is 550 g/mol. The Morgan fingerprint density at radius 2 is 1.79 bits per heavy atom. The van der Waals surface area contributed by atoms with E-state index in [1.54, 1.807) is 13.8 Å². The molecular formula is C29H32F2N6O5. The first-order valence-electron chi connectivity index (χ1n) is 13.9. The maximum Gasteiger partial charge on any atom is 0.331 e. The Balaban J connectivity index is 1.34. The molecule has 1 saturated heterocycles. The Labute approximate surface area is 239 Å². The zero-order valence-corrected chi connectivity index (χ0v) is 23.3. The van der Waals surface area contributed by atoms with Gasteiger partial charge in [-0.25, -0.2) is 18.4 Å². The maximum atomic E-state index is 15.2. The smallest absolute Gasteiger partial charge is 0.331 e. The van der Waals surface area contributed by atoms with E-state index in [9.17, 15) is 28.4 Å². The number of primary amides is 1. The van der Waals surface area contributed by atoms with Crippen molar-refractivity contribution in [2.24, 2.45) is 11.7 Å². The number of benzene rings is 2. The van der Waals surface area contributed by atoms with Crippen molar-refractivity contribution in [1.29, 1.82) is 0 Å². The molecule has 2 fully saturated rings. The molecule has 2 aromatic carbocycles. The van der Waals surface area contributed by atoms with Gasteiger partial charge in [0.05, 0.1) is 22.2 Å². The number of piperidine rings is 1. The highest BCUT2D eigenvalue weighted by Gasteiger charge is 2.28. The summed E-state index contributed by atoms with van der Waals surface area (Å²) in [5.74, 6) is -2.99. The number of urea groups is 1. The minimum absolute atomic E-state index is 0.0696. The van der Waals surface area contributed by atoms with Gasteiger partial charge in [-0.2, -0.15) is 0 Å². The van der Waals surface area contributed by atoms with Crippen molar-refractivity contribution >= 4 is 34.4 Å². The van der Waals surface area contributed by atoms with E-state index >= 15 is 4.39 Å². The number of halogens is 2. The highest BCUT2D eigenvalue weighted by molar-refractivity contribution is 5.98. The molecule has 1 aliphatic carbocycles. The Hall–Kier alpha value is -4.55. The Morgan fingerprint density at radius 1 is 1.05 bits per heavy atom. The molecule has 1 saturated carbocycles. The van der Waals surface area contributed by atoms with Crippen LogP contribution in [0.5, 0.6) is 0 Å². The van der Waals surface area contributed by atoms with E-state index in [1.165, 1.54) is 26.2 Å². The number of nitrogens with zero attached hydrogens (tertiary/aromatic N) is 3. The number of likely N-dealkylation sites (tertiary alicyclic amines) is 1. The largest absolute Gasteiger partial charge is 0.366 e. The van der Waals surface area contributed by atoms with Crippen LogP contribution in [0.3, 0.4) is 0 Å². The van der Waals surface area contributed by atoms with E-state index in [1.807, 2.05) is 0 Å². The predicted octanol–water partition coefficient (Wildman–Crippen LogP) is 2.96. The minimum Gasteiger partial charge on any atom is -0.366 e. The van der Waals surface area contributed by atoms with E-state index in [4.69, 9.17) is 5.73 Å². The summed E-state index contributed by atoms with van der Waals surface area (Å²) in [5.41, 5.74) is 3.72. The molecule has 13 heteroatoms. The molecule has 1 atom stereocenters. The number of anilines is 1. The lowest BCUT2D eigenvalue weighted by atomic mass is 10.0. The van der Waals surface area contributed by atoms with Crippen molar-refractivity contribution in [1.82, 2.24) is 19.4 Å². The van der Waals surface area contributed by atoms with Gasteiger partial charge in [-0.05, 0) is 69.7 Å². The summed E-state index contributed by atoms with van der Waals surface area (Å²) >= 11 is 0. The van der Waals surface area contributed by atoms with E-state index in [0.717, 1.165) is 31.0 Å². The molecule has 0 unspecified atom stereocenters. The monoisotopic (exact) mass is 582 g/mol. The zero-order valence-electron chi connectivity index (χ0n) is 23.3. The van der Waals surface area contributed by atoms with Crippen molar-refractivity contribution < 1.29 is 23.2 Å². The molecule has 42 heavy (non-hydrogen) atoms. The van der Waals surface area contributed by atoms with E-state index < -0.39 is 46.8 Å². The number of aromatic nitrogens is 2. The topological polar surface area (TPSA) is 149 Å². The van der Waals surface area contributed by atoms with Crippen LogP contribution < -0.4 is 27.6 Å². The van der Waals surface area contributed by atoms with Crippen LogP contribution in [0.25, 0.3) is 10.9 Å². The average molecular weight is 583 g/mol. The molecule has 2 heterocycles. The Bertz CT molecular complexity index is 1710. The second kappa shape index (κ2) is 11.4. The molecule has 0 radical (unpaired) electrons. The molecule has 5 rings (SSSR count). The number of nitrogens with one attached hydrogen (secondary N) is 2. The van der Waals surface area contributed by atoms with Gasteiger partial charge < -0.3 is 21.3 Å². The predicted molar refractivity (Wildman–Crippen MR) is 152 cm³/mol. The third-order valence-electron chi connectivity index (χ3n) is 7.70. The highest BCUT2D eigenvalue weighted by Crippen LogP contribution is 2.30. The summed E-state index contributed by atoms with van der Waals surface area (Å²) in [5, 5.41) is 5.34. The van der Waals surface area contributed by atoms with Gasteiger partial charge >= 0.3 is 11.7 Å². The molecule has 2 aliphatic rings. The number of nitrogens with two attached hydrogens (primary N) is 1. The SMILES string of the molecule is CC(C)n1c(=O)n(CC2CC2)c(=O)c2cc(NC(=O)N3CCC[C@@H](NC(=O)c4ccc(C(N)=O)cc4F)C3)c(F)cc21. The average Bonchev–Trinajstić information content (AvgIpc) is 3.76. The second-order valence-corrected chi connectivity index (χ2v) is 11.2. The summed E-state index contributed by atoms with van der Waals surface area (Å²) in [7, 11) is 0. The molecule has 1 aliphatic heterocycles. The summed E-state index contributed by atoms with van der Waals surface area (Å²) in [6, 6.07) is 4.17. The van der Waals surface area contributed by atoms with Gasteiger partial charge in [-0.1, -0.05) is 0 Å². The minimum atomic E-state index is -0.903. The van der Waals surface area contributed by atoms with Crippen molar-refractivity contribution in [2.75, 3.05) is 18.4 Å². The zero-order chi connectivity index (χ0) is 30.3. The van der Waals surface area contributed by atoms with Crippen LogP contribution in [0.2, 0.25) is 0 Å². The Morgan fingerprint density at radius 3 is 2.43 bits per heavy atom. The van der Waals surface area contributed by atoms with Crippen LogP contribution >= 0.6 is 0 Å². The van der Waals surface area contributed by atoms with Crippen LogP contribution in [0, 0.1) is 17.6 Å². The van der Waals surface area contributed by atoms with E-state index in [0.29, 0.717) is 25.9 Å². The maximum absolute atomic E-state index is 15.2. The third-order valence-corrected chi connectivity index (χ3v) is 7.70. The lowest BCUT2D eigenvalue weighted by Crippen LogP contribution is -2.50. The van der Waals surface area contributed by atoms with Gasteiger partial charge in [0.25, 0.3) is 11.5 Å². The summed E-state index contributed by atoms with van der Waals surface area (Å²) in [6.07, 6.45) is 2.91. The van der Waals surface area contributed by atoms with Crippen molar-refractivity contribution in [3.8, 4) is 0 Å². The number of rotatable bonds is 7. The lowest BCUT2D eigenvalue weighted by molar-refractivity contribution is 0.0907. The Kier molecular flexibility index (Phi) is 7.85. The number of fused-ring (bicyclic) bond motifs is 1. The van der Waals surface area contributed by atoms with Gasteiger partial charge in [0.15, 0.2) is 0 Å². The van der Waals surface area contributed by atoms with E-state index in [-0.39, 0.29) is 46.2 Å². The van der Waals surface area contributed by atoms with Crippen LogP contribution in [-0.2, 0) is 6.54 Å². The van der Waals surface area contributed by atoms with Crippen LogP contribution in [0.4, 0.5) is 19.3 Å². The first-order valence-corrected chi connectivity index (χ1v) is 13.9. The normalized spacial score (nSPS) is 17.0. The first-order chi connectivity index (χ1) is 19.9. The van der Waals surface area contributed by atoms with Gasteiger partial charge in [0.2, 0.25) is 5.91 Å². The number of carbonyl (C=O) groups excluding carboxylic acids is 3. The quantitative estimate of drug-likeness (QED) is 0.392. The molecule has 11 nitrogen and oxygen atoms in total. The first kappa shape index (κ1) is 29.0. The molecule has 0 bridgehead atoms. The fourth-order valence-corrected chi connectivity index (χ4v) is 5.30. The number of hydrogen-bond acceptors (Lipinski definition) is 5. The van der Waals surface area contributed by atoms with Crippen molar-refractivity contribution in [2.45, 2.75) is 58.2 Å². The lowest BCUT2D eigenvalue weighted by Gasteiger charge is -2.33. The van der Waals surface area contributed by atoms with Gasteiger partial charge in [-0.15, -0.1) is 0 Å². The van der Waals surface area contributed by atoms with Gasteiger partial charge in [0.1, 0.15) is 11.6 Å². The number of amides is 4. The molecule has 4 N–H and O–H groups in total. The standard InChI is InChI=1S/C29H32F2N6O5/c1-15(2)37-24-12-22(31)23(11-20(24)27(40)36(29(37)42)13-16-5-6-16)34-28(41)35-9-3-4-18(14-35)33-26(39)19-8-7-17(25(32)38)10-21(19)30/h7-8,10-12,15-16,18H,3-6,9,13-14H2,1-2H3,(H2,32,38)(H,33,39)(H,34,41)/t18-/m1/s1. The van der Waals surface area contributed by atoms with Gasteiger partial charge in [0, 0.05) is 43.3 Å². The molecule has 1 aromatic heterocycles. The summed E-state index contributed by atoms with van der Waals surface area (Å²) < 4.78 is 32.2. The van der Waals surface area contributed by atoms with Crippen LogP contribution in [0.1, 0.15) is 66.3 Å². The summed E-state index contributed by atoms with van der Waals surface area (Å²) in [6.45, 7) is 4.25.